The van der Waals surface area contributed by atoms with Gasteiger partial charge in [0.15, 0.2) is 17.9 Å². The Kier molecular flexibility index (Phi) is 36.4. The van der Waals surface area contributed by atoms with E-state index in [9.17, 15) is 72.9 Å². The molecule has 35 nitrogen and oxygen atoms in total. The summed E-state index contributed by atoms with van der Waals surface area (Å²) in [4.78, 5) is 170. The Morgan fingerprint density at radius 2 is 0.798 bits per heavy atom. The monoisotopic (exact) mass is 1200 g/mol. The number of aliphatic hydroxyl groups excluding tert-OH is 1. The molecule has 0 aliphatic rings. The number of hydrogen-bond donors (Lipinski definition) is 20. The Hall–Kier alpha value is -8.63. The van der Waals surface area contributed by atoms with Gasteiger partial charge in [-0.15, -0.1) is 0 Å². The van der Waals surface area contributed by atoms with Crippen LogP contribution >= 0.6 is 0 Å². The molecule has 476 valence electrons. The molecular formula is C49H90N20O15. The van der Waals surface area contributed by atoms with Crippen LogP contribution in [-0.2, 0) is 57.5 Å². The molecule has 35 heteroatoms. The minimum atomic E-state index is -1.84. The molecule has 0 saturated heterocycles. The molecule has 0 aromatic heterocycles. The van der Waals surface area contributed by atoms with Gasteiger partial charge in [-0.1, -0.05) is 27.2 Å². The molecule has 11 atom stereocenters. The third kappa shape index (κ3) is 31.5. The van der Waals surface area contributed by atoms with Gasteiger partial charge in [0.2, 0.25) is 59.1 Å². The molecule has 0 aliphatic carbocycles. The number of carboxylic acid groups (broad SMARTS) is 2. The van der Waals surface area contributed by atoms with Crippen LogP contribution in [0.25, 0.3) is 0 Å². The average Bonchev–Trinajstić information content (AvgIpc) is 3.59. The first-order valence-electron chi connectivity index (χ1n) is 27.3. The van der Waals surface area contributed by atoms with Crippen LogP contribution < -0.4 is 93.7 Å². The maximum atomic E-state index is 14.3. The molecule has 0 aromatic rings. The zero-order valence-electron chi connectivity index (χ0n) is 48.3. The molecule has 28 N–H and O–H groups in total. The second-order valence-corrected chi connectivity index (χ2v) is 19.8. The van der Waals surface area contributed by atoms with E-state index in [4.69, 9.17) is 45.9 Å². The fourth-order valence-corrected chi connectivity index (χ4v) is 7.57. The number of guanidine groups is 3. The number of primary amides is 1. The van der Waals surface area contributed by atoms with Crippen molar-refractivity contribution in [2.75, 3.05) is 32.8 Å². The Bertz CT molecular complexity index is 2310. The third-order valence-corrected chi connectivity index (χ3v) is 12.7. The maximum absolute atomic E-state index is 14.3. The van der Waals surface area contributed by atoms with Crippen molar-refractivity contribution in [3.63, 3.8) is 0 Å². The van der Waals surface area contributed by atoms with Crippen molar-refractivity contribution in [2.45, 2.75) is 172 Å². The topological polar surface area (TPSA) is 619 Å². The van der Waals surface area contributed by atoms with Crippen LogP contribution in [0.5, 0.6) is 0 Å². The molecule has 0 unspecified atom stereocenters. The summed E-state index contributed by atoms with van der Waals surface area (Å²) in [5.41, 5.74) is 43.6. The van der Waals surface area contributed by atoms with Crippen LogP contribution in [0.1, 0.15) is 118 Å². The minimum Gasteiger partial charge on any atom is -0.481 e. The van der Waals surface area contributed by atoms with Crippen molar-refractivity contribution in [1.29, 1.82) is 0 Å². The number of carbonyl (C=O) groups excluding carboxylic acids is 10. The normalized spacial score (nSPS) is 14.8. The quantitative estimate of drug-likeness (QED) is 0.0153. The molecule has 0 spiro atoms. The summed E-state index contributed by atoms with van der Waals surface area (Å²) in [6, 6.07) is -13.6. The first-order valence-corrected chi connectivity index (χ1v) is 27.3. The summed E-state index contributed by atoms with van der Waals surface area (Å²) in [5, 5.41) is 51.1. The van der Waals surface area contributed by atoms with Crippen molar-refractivity contribution in [3.05, 3.63) is 0 Å². The standard InChI is InChI=1S/C49H90N20O15/c1-6-24(2)36(46(84)61-26(4)37(51)75)69-44(82)32(22-35(73)74)67-39(77)27(5)62-45(83)33(23-70)68-42(80)30(15-11-21-60-49(56)57)66-41(79)29(14-10-20-59-48(54)55)65-40(78)28(13-7-8-18-50)64-43(81)31(16-17-34(71)72)63-38(76)25(3)12-9-19-58-47(52)53/h24-33,36,70H,6-23,50H2,1-5H3,(H2,51,75)(H,61,84)(H,62,83)(H,63,76)(H,64,81)(H,65,78)(H,66,79)(H,67,77)(H,68,80)(H,69,82)(H,71,72)(H,73,74)(H4,52,53,58)(H4,54,55,59)(H4,56,57,60)/t24-,25-,26-,27-,28-,29-,30-,31-,32-,33-,36-/m0/s1. The van der Waals surface area contributed by atoms with Crippen LogP contribution in [0, 0.1) is 11.8 Å². The van der Waals surface area contributed by atoms with Gasteiger partial charge >= 0.3 is 11.9 Å². The molecule has 0 fully saturated rings. The van der Waals surface area contributed by atoms with Gasteiger partial charge in [0.1, 0.15) is 54.4 Å². The van der Waals surface area contributed by atoms with Gasteiger partial charge in [0, 0.05) is 32.0 Å². The number of aliphatic carboxylic acids is 2. The number of amides is 10. The largest absolute Gasteiger partial charge is 0.481 e. The number of aliphatic imine (C=N–C) groups is 3. The minimum absolute atomic E-state index is 0.0108. The maximum Gasteiger partial charge on any atom is 0.305 e. The average molecular weight is 1200 g/mol. The zero-order valence-corrected chi connectivity index (χ0v) is 48.3. The number of unbranched alkanes of at least 4 members (excludes halogenated alkanes) is 1. The van der Waals surface area contributed by atoms with Gasteiger partial charge in [-0.2, -0.15) is 0 Å². The lowest BCUT2D eigenvalue weighted by Crippen LogP contribution is -2.61. The molecule has 0 saturated carbocycles. The predicted octanol–water partition coefficient (Wildman–Crippen LogP) is -7.82. The number of nitrogens with two attached hydrogens (primary N) is 8. The number of carbonyl (C=O) groups is 12. The van der Waals surface area contributed by atoms with Gasteiger partial charge in [0.25, 0.3) is 0 Å². The van der Waals surface area contributed by atoms with Crippen LogP contribution in [0.4, 0.5) is 0 Å². The van der Waals surface area contributed by atoms with Crippen molar-refractivity contribution in [2.24, 2.45) is 72.7 Å². The van der Waals surface area contributed by atoms with E-state index >= 15 is 0 Å². The fraction of sp³-hybridized carbons (Fsp3) is 0.694. The first-order chi connectivity index (χ1) is 39.4. The highest BCUT2D eigenvalue weighted by atomic mass is 16.4. The summed E-state index contributed by atoms with van der Waals surface area (Å²) < 4.78 is 0. The third-order valence-electron chi connectivity index (χ3n) is 12.7. The fourth-order valence-electron chi connectivity index (χ4n) is 7.57. The molecule has 10 amide bonds. The van der Waals surface area contributed by atoms with Crippen molar-refractivity contribution >= 4 is 88.9 Å². The second kappa shape index (κ2) is 40.5. The SMILES string of the molecule is CC[C@H](C)[C@H](NC(=O)[C@H](CC(=O)O)NC(=O)[C@H](C)NC(=O)[C@H](CO)NC(=O)[C@H](CCCN=C(N)N)NC(=O)[C@H](CCCN=C(N)N)NC(=O)[C@H](CCCCN)NC(=O)[C@H](CCC(=O)O)NC(=O)[C@@H](C)CCCN=C(N)N)C(=O)N[C@@H](C)C(N)=O. The summed E-state index contributed by atoms with van der Waals surface area (Å²) in [5.74, 6) is -14.4. The molecule has 0 radical (unpaired) electrons. The lowest BCUT2D eigenvalue weighted by atomic mass is 9.97. The van der Waals surface area contributed by atoms with Gasteiger partial charge in [-0.3, -0.25) is 72.5 Å². The predicted molar refractivity (Wildman–Crippen MR) is 305 cm³/mol. The number of hydrogen-bond acceptors (Lipinski definition) is 17. The van der Waals surface area contributed by atoms with Crippen molar-refractivity contribution in [3.8, 4) is 0 Å². The van der Waals surface area contributed by atoms with E-state index in [2.05, 4.69) is 62.8 Å². The summed E-state index contributed by atoms with van der Waals surface area (Å²) >= 11 is 0. The van der Waals surface area contributed by atoms with E-state index in [-0.39, 0.29) is 89.0 Å². The number of nitrogens with zero attached hydrogens (tertiary/aromatic N) is 3. The molecular weight excluding hydrogens is 1110 g/mol. The molecule has 0 bridgehead atoms. The van der Waals surface area contributed by atoms with Crippen LogP contribution in [0.15, 0.2) is 15.0 Å². The van der Waals surface area contributed by atoms with Gasteiger partial charge in [-0.05, 0) is 90.5 Å². The number of aliphatic hydroxyl groups is 1. The van der Waals surface area contributed by atoms with Gasteiger partial charge in [-0.25, -0.2) is 0 Å². The molecule has 0 aromatic carbocycles. The van der Waals surface area contributed by atoms with E-state index in [1.165, 1.54) is 6.92 Å². The van der Waals surface area contributed by atoms with E-state index in [0.717, 1.165) is 6.92 Å². The molecule has 0 aliphatic heterocycles. The second-order valence-electron chi connectivity index (χ2n) is 19.8. The van der Waals surface area contributed by atoms with Gasteiger partial charge < -0.3 is 109 Å². The van der Waals surface area contributed by atoms with Crippen molar-refractivity contribution in [1.82, 2.24) is 47.9 Å². The Morgan fingerprint density at radius 1 is 0.417 bits per heavy atom. The van der Waals surface area contributed by atoms with E-state index < -0.39 is 157 Å². The highest BCUT2D eigenvalue weighted by Crippen LogP contribution is 2.13. The highest BCUT2D eigenvalue weighted by Gasteiger charge is 2.36. The summed E-state index contributed by atoms with van der Waals surface area (Å²) in [6.45, 7) is 6.48. The summed E-state index contributed by atoms with van der Waals surface area (Å²) in [7, 11) is 0. The smallest absolute Gasteiger partial charge is 0.305 e. The van der Waals surface area contributed by atoms with Crippen LogP contribution in [-0.4, -0.2) is 191 Å². The van der Waals surface area contributed by atoms with Crippen LogP contribution in [0.2, 0.25) is 0 Å². The van der Waals surface area contributed by atoms with Gasteiger partial charge in [0.05, 0.1) is 13.0 Å². The molecule has 0 rings (SSSR count). The Morgan fingerprint density at radius 3 is 1.20 bits per heavy atom. The van der Waals surface area contributed by atoms with E-state index in [1.54, 1.807) is 20.8 Å². The van der Waals surface area contributed by atoms with Crippen molar-refractivity contribution < 1.29 is 72.9 Å². The highest BCUT2D eigenvalue weighted by molar-refractivity contribution is 5.99. The summed E-state index contributed by atoms with van der Waals surface area (Å²) in [6.07, 6.45) is -0.701. The number of nitrogens with one attached hydrogen (secondary N) is 9. The lowest BCUT2D eigenvalue weighted by molar-refractivity contribution is -0.142. The lowest BCUT2D eigenvalue weighted by Gasteiger charge is -2.28. The zero-order chi connectivity index (χ0) is 64.2. The number of rotatable bonds is 43. The first kappa shape index (κ1) is 75.4. The van der Waals surface area contributed by atoms with Crippen LogP contribution in [0.3, 0.4) is 0 Å². The number of carboxylic acids is 2. The van der Waals surface area contributed by atoms with E-state index in [1.807, 2.05) is 0 Å². The Balaban J connectivity index is 6.81. The molecule has 84 heavy (non-hydrogen) atoms. The Labute approximate surface area is 486 Å². The molecule has 0 heterocycles. The van der Waals surface area contributed by atoms with E-state index in [0.29, 0.717) is 25.7 Å².